The van der Waals surface area contributed by atoms with Gasteiger partial charge in [-0.05, 0) is 17.7 Å². The van der Waals surface area contributed by atoms with Crippen molar-refractivity contribution in [2.75, 3.05) is 6.54 Å². The minimum atomic E-state index is -0.600. The van der Waals surface area contributed by atoms with Gasteiger partial charge in [-0.1, -0.05) is 19.9 Å². The van der Waals surface area contributed by atoms with Crippen LogP contribution in [0.2, 0.25) is 0 Å². The SMILES string of the molecule is CC(C)(CN)c1ccc(F)c(O)c1. The minimum absolute atomic E-state index is 0.231. The molecule has 1 aromatic rings. The molecule has 0 heterocycles. The average molecular weight is 183 g/mol. The second-order valence-corrected chi connectivity index (χ2v) is 3.75. The van der Waals surface area contributed by atoms with Crippen LogP contribution in [-0.2, 0) is 5.41 Å². The molecule has 0 radical (unpaired) electrons. The molecule has 0 atom stereocenters. The van der Waals surface area contributed by atoms with Crippen LogP contribution in [0.15, 0.2) is 18.2 Å². The Morgan fingerprint density at radius 1 is 1.46 bits per heavy atom. The third kappa shape index (κ3) is 1.98. The van der Waals surface area contributed by atoms with Gasteiger partial charge < -0.3 is 10.8 Å². The maximum Gasteiger partial charge on any atom is 0.164 e. The van der Waals surface area contributed by atoms with Gasteiger partial charge >= 0.3 is 0 Å². The van der Waals surface area contributed by atoms with E-state index in [0.29, 0.717) is 6.54 Å². The lowest BCUT2D eigenvalue weighted by Crippen LogP contribution is -2.27. The van der Waals surface area contributed by atoms with Crippen molar-refractivity contribution in [3.63, 3.8) is 0 Å². The van der Waals surface area contributed by atoms with Gasteiger partial charge in [0.15, 0.2) is 11.6 Å². The van der Waals surface area contributed by atoms with Gasteiger partial charge in [-0.25, -0.2) is 4.39 Å². The second kappa shape index (κ2) is 3.34. The van der Waals surface area contributed by atoms with Gasteiger partial charge in [-0.15, -0.1) is 0 Å². The molecule has 0 saturated carbocycles. The molecule has 0 bridgehead atoms. The van der Waals surface area contributed by atoms with E-state index < -0.39 is 5.82 Å². The maximum atomic E-state index is 12.7. The summed E-state index contributed by atoms with van der Waals surface area (Å²) in [6.45, 7) is 4.34. The van der Waals surface area contributed by atoms with Crippen molar-refractivity contribution in [1.82, 2.24) is 0 Å². The smallest absolute Gasteiger partial charge is 0.164 e. The van der Waals surface area contributed by atoms with Crippen molar-refractivity contribution < 1.29 is 9.50 Å². The van der Waals surface area contributed by atoms with E-state index in [-0.39, 0.29) is 11.2 Å². The summed E-state index contributed by atoms with van der Waals surface area (Å²) in [4.78, 5) is 0. The largest absolute Gasteiger partial charge is 0.505 e. The first kappa shape index (κ1) is 9.99. The fourth-order valence-corrected chi connectivity index (χ4v) is 1.05. The Morgan fingerprint density at radius 3 is 2.54 bits per heavy atom. The molecule has 0 unspecified atom stereocenters. The molecule has 0 spiro atoms. The highest BCUT2D eigenvalue weighted by Crippen LogP contribution is 2.26. The Morgan fingerprint density at radius 2 is 2.08 bits per heavy atom. The normalized spacial score (nSPS) is 11.7. The van der Waals surface area contributed by atoms with Gasteiger partial charge in [-0.3, -0.25) is 0 Å². The monoisotopic (exact) mass is 183 g/mol. The van der Waals surface area contributed by atoms with Gasteiger partial charge in [0, 0.05) is 12.0 Å². The molecule has 3 heteroatoms. The number of rotatable bonds is 2. The Bertz CT molecular complexity index is 310. The number of aromatic hydroxyl groups is 1. The van der Waals surface area contributed by atoms with E-state index in [2.05, 4.69) is 0 Å². The van der Waals surface area contributed by atoms with E-state index in [1.54, 1.807) is 6.07 Å². The first-order valence-electron chi connectivity index (χ1n) is 4.16. The highest BCUT2D eigenvalue weighted by Gasteiger charge is 2.19. The van der Waals surface area contributed by atoms with E-state index in [9.17, 15) is 4.39 Å². The summed E-state index contributed by atoms with van der Waals surface area (Å²) in [5.74, 6) is -0.921. The maximum absolute atomic E-state index is 12.7. The summed E-state index contributed by atoms with van der Waals surface area (Å²) in [6, 6.07) is 4.31. The number of hydrogen-bond acceptors (Lipinski definition) is 2. The molecule has 2 nitrogen and oxygen atoms in total. The molecule has 0 saturated heterocycles. The fraction of sp³-hybridized carbons (Fsp3) is 0.400. The van der Waals surface area contributed by atoms with E-state index in [1.165, 1.54) is 12.1 Å². The van der Waals surface area contributed by atoms with Crippen LogP contribution < -0.4 is 5.73 Å². The number of hydrogen-bond donors (Lipinski definition) is 2. The molecule has 0 aliphatic heterocycles. The molecule has 1 aromatic carbocycles. The van der Waals surface area contributed by atoms with Crippen molar-refractivity contribution >= 4 is 0 Å². The van der Waals surface area contributed by atoms with Crippen LogP contribution in [0.5, 0.6) is 5.75 Å². The first-order chi connectivity index (χ1) is 5.97. The fourth-order valence-electron chi connectivity index (χ4n) is 1.05. The Labute approximate surface area is 77.2 Å². The van der Waals surface area contributed by atoms with Crippen LogP contribution in [0, 0.1) is 5.82 Å². The lowest BCUT2D eigenvalue weighted by molar-refractivity contribution is 0.427. The molecular formula is C10H14FNO. The summed E-state index contributed by atoms with van der Waals surface area (Å²) in [5.41, 5.74) is 6.16. The summed E-state index contributed by atoms with van der Waals surface area (Å²) < 4.78 is 12.7. The van der Waals surface area contributed by atoms with Gasteiger partial charge in [-0.2, -0.15) is 0 Å². The average Bonchev–Trinajstić information content (AvgIpc) is 2.09. The zero-order valence-corrected chi connectivity index (χ0v) is 7.84. The number of phenols is 1. The third-order valence-electron chi connectivity index (χ3n) is 2.24. The molecule has 1 rings (SSSR count). The van der Waals surface area contributed by atoms with Gasteiger partial charge in [0.25, 0.3) is 0 Å². The van der Waals surface area contributed by atoms with E-state index in [4.69, 9.17) is 10.8 Å². The van der Waals surface area contributed by atoms with Crippen LogP contribution in [0.4, 0.5) is 4.39 Å². The zero-order chi connectivity index (χ0) is 10.1. The first-order valence-corrected chi connectivity index (χ1v) is 4.16. The second-order valence-electron chi connectivity index (χ2n) is 3.75. The lowest BCUT2D eigenvalue weighted by Gasteiger charge is -2.22. The summed E-state index contributed by atoms with van der Waals surface area (Å²) in [5, 5.41) is 9.14. The Hall–Kier alpha value is -1.09. The van der Waals surface area contributed by atoms with Crippen LogP contribution in [0.3, 0.4) is 0 Å². The van der Waals surface area contributed by atoms with Gasteiger partial charge in [0.05, 0.1) is 0 Å². The van der Waals surface area contributed by atoms with E-state index in [0.717, 1.165) is 5.56 Å². The lowest BCUT2D eigenvalue weighted by atomic mass is 9.85. The third-order valence-corrected chi connectivity index (χ3v) is 2.24. The number of halogens is 1. The highest BCUT2D eigenvalue weighted by molar-refractivity contribution is 5.33. The number of nitrogens with two attached hydrogens (primary N) is 1. The zero-order valence-electron chi connectivity index (χ0n) is 7.84. The molecule has 0 aliphatic carbocycles. The van der Waals surface area contributed by atoms with Crippen LogP contribution >= 0.6 is 0 Å². The van der Waals surface area contributed by atoms with Crippen molar-refractivity contribution in [1.29, 1.82) is 0 Å². The van der Waals surface area contributed by atoms with Crippen molar-refractivity contribution in [3.8, 4) is 5.75 Å². The molecule has 3 N–H and O–H groups in total. The van der Waals surface area contributed by atoms with Crippen molar-refractivity contribution in [2.24, 2.45) is 5.73 Å². The molecular weight excluding hydrogens is 169 g/mol. The number of benzene rings is 1. The van der Waals surface area contributed by atoms with Crippen molar-refractivity contribution in [3.05, 3.63) is 29.6 Å². The topological polar surface area (TPSA) is 46.2 Å². The van der Waals surface area contributed by atoms with E-state index in [1.807, 2.05) is 13.8 Å². The van der Waals surface area contributed by atoms with Crippen LogP contribution in [-0.4, -0.2) is 11.7 Å². The summed E-state index contributed by atoms with van der Waals surface area (Å²) in [7, 11) is 0. The van der Waals surface area contributed by atoms with Crippen molar-refractivity contribution in [2.45, 2.75) is 19.3 Å². The molecule has 0 aliphatic rings. The van der Waals surface area contributed by atoms with Gasteiger partial charge in [0.2, 0.25) is 0 Å². The standard InChI is InChI=1S/C10H14FNO/c1-10(2,6-12)7-3-4-8(11)9(13)5-7/h3-5,13H,6,12H2,1-2H3. The molecule has 13 heavy (non-hydrogen) atoms. The number of phenolic OH excluding ortho intramolecular Hbond substituents is 1. The van der Waals surface area contributed by atoms with Crippen LogP contribution in [0.25, 0.3) is 0 Å². The van der Waals surface area contributed by atoms with E-state index >= 15 is 0 Å². The summed E-state index contributed by atoms with van der Waals surface area (Å²) in [6.07, 6.45) is 0. The molecule has 0 aromatic heterocycles. The Balaban J connectivity index is 3.10. The Kier molecular flexibility index (Phi) is 2.57. The molecule has 0 amide bonds. The molecule has 0 fully saturated rings. The predicted molar refractivity (Wildman–Crippen MR) is 50.1 cm³/mol. The summed E-state index contributed by atoms with van der Waals surface area (Å²) >= 11 is 0. The quantitative estimate of drug-likeness (QED) is 0.734. The van der Waals surface area contributed by atoms with Gasteiger partial charge in [0.1, 0.15) is 0 Å². The van der Waals surface area contributed by atoms with Crippen LogP contribution in [0.1, 0.15) is 19.4 Å². The highest BCUT2D eigenvalue weighted by atomic mass is 19.1. The predicted octanol–water partition coefficient (Wildman–Crippen LogP) is 1.77. The minimum Gasteiger partial charge on any atom is -0.505 e. The molecule has 72 valence electrons.